The van der Waals surface area contributed by atoms with Crippen LogP contribution >= 0.6 is 0 Å². The molecular weight excluding hydrogens is 560 g/mol. The predicted molar refractivity (Wildman–Crippen MR) is 207 cm³/mol. The Morgan fingerprint density at radius 3 is 1.89 bits per heavy atom. The number of rotatable bonds is 12. The molecule has 1 aromatic carbocycles. The standard InChI is InChI=1S/C25H34N2O.C7H14.C7H16.C4H10/c1-9-13-26-22-15-23(27-21(10-2)18(22)6)19-11-12-20(17(5)14-19)25(7,8)24(28)16(3)4;1-3-7-4-6(2)5-7;1-3-5-7-6-4-2;1-4(2)3/h11-16H,9-10H2,1-8H3;6-7H,3-5H2,1-2H3;3-7H2,1-2H3;4H,1-3H3. The molecule has 1 aliphatic rings. The van der Waals surface area contributed by atoms with Gasteiger partial charge in [-0.2, -0.15) is 0 Å². The molecule has 0 unspecified atom stereocenters. The quantitative estimate of drug-likeness (QED) is 0.172. The van der Waals surface area contributed by atoms with E-state index < -0.39 is 5.41 Å². The number of aryl methyl sites for hydroxylation is 2. The average molecular weight is 635 g/mol. The van der Waals surface area contributed by atoms with Crippen molar-refractivity contribution < 1.29 is 4.79 Å². The van der Waals surface area contributed by atoms with E-state index >= 15 is 0 Å². The van der Waals surface area contributed by atoms with Gasteiger partial charge in [0.1, 0.15) is 5.78 Å². The van der Waals surface area contributed by atoms with E-state index in [4.69, 9.17) is 4.98 Å². The van der Waals surface area contributed by atoms with Crippen LogP contribution in [0.1, 0.15) is 170 Å². The summed E-state index contributed by atoms with van der Waals surface area (Å²) in [7, 11) is 0. The molecule has 0 bridgehead atoms. The van der Waals surface area contributed by atoms with Crippen LogP contribution in [0, 0.1) is 37.5 Å². The van der Waals surface area contributed by atoms with E-state index in [0.717, 1.165) is 69.9 Å². The number of carbonyl (C=O) groups excluding carboxylic acids is 1. The third kappa shape index (κ3) is 15.5. The number of aliphatic imine (C=N–C) groups is 1. The van der Waals surface area contributed by atoms with Crippen molar-refractivity contribution in [3.63, 3.8) is 0 Å². The molecule has 1 aromatic heterocycles. The summed E-state index contributed by atoms with van der Waals surface area (Å²) in [6, 6.07) is 8.39. The third-order valence-electron chi connectivity index (χ3n) is 8.69. The second-order valence-corrected chi connectivity index (χ2v) is 15.0. The van der Waals surface area contributed by atoms with Gasteiger partial charge in [-0.05, 0) is 100.0 Å². The Balaban J connectivity index is 0.000000907. The fourth-order valence-electron chi connectivity index (χ4n) is 5.92. The predicted octanol–water partition coefficient (Wildman–Crippen LogP) is 13.6. The molecule has 1 aliphatic carbocycles. The van der Waals surface area contributed by atoms with Crippen molar-refractivity contribution in [2.75, 3.05) is 0 Å². The number of ketones is 1. The van der Waals surface area contributed by atoms with E-state index in [1.54, 1.807) is 0 Å². The van der Waals surface area contributed by atoms with Gasteiger partial charge in [-0.3, -0.25) is 14.8 Å². The Morgan fingerprint density at radius 2 is 1.50 bits per heavy atom. The van der Waals surface area contributed by atoms with Crippen LogP contribution in [0.25, 0.3) is 11.3 Å². The third-order valence-corrected chi connectivity index (χ3v) is 8.69. The van der Waals surface area contributed by atoms with Crippen LogP contribution in [-0.4, -0.2) is 17.0 Å². The monoisotopic (exact) mass is 635 g/mol. The van der Waals surface area contributed by atoms with Gasteiger partial charge >= 0.3 is 0 Å². The molecule has 46 heavy (non-hydrogen) atoms. The molecule has 3 rings (SSSR count). The van der Waals surface area contributed by atoms with Crippen molar-refractivity contribution in [3.05, 3.63) is 46.6 Å². The minimum atomic E-state index is -0.497. The molecule has 0 saturated heterocycles. The molecular formula is C43H74N2O. The number of Topliss-reactive ketones (excluding diaryl/α,β-unsaturated/α-hetero) is 1. The summed E-state index contributed by atoms with van der Waals surface area (Å²) in [6.45, 7) is 32.0. The fraction of sp³-hybridized carbons (Fsp3) is 0.698. The largest absolute Gasteiger partial charge is 0.298 e. The number of unbranched alkanes of at least 4 members (excludes halogenated alkanes) is 4. The van der Waals surface area contributed by atoms with Gasteiger partial charge in [-0.1, -0.05) is 127 Å². The van der Waals surface area contributed by atoms with E-state index in [1.807, 2.05) is 33.9 Å². The van der Waals surface area contributed by atoms with E-state index in [-0.39, 0.29) is 11.7 Å². The lowest BCUT2D eigenvalue weighted by Crippen LogP contribution is -2.33. The number of benzene rings is 1. The van der Waals surface area contributed by atoms with Crippen LogP contribution < -0.4 is 0 Å². The SMILES string of the molecule is CC(C)C.CCC1CC(C)C1.CCC=Nc1cc(-c2ccc(C(C)(C)C(=O)C(C)C)c(C)c2)nc(CC)c1C.CCCCCCC. The first-order valence-electron chi connectivity index (χ1n) is 18.8. The summed E-state index contributed by atoms with van der Waals surface area (Å²) in [5.74, 6) is 3.25. The van der Waals surface area contributed by atoms with Crippen LogP contribution in [0.5, 0.6) is 0 Å². The zero-order valence-electron chi connectivity index (χ0n) is 33.1. The van der Waals surface area contributed by atoms with Gasteiger partial charge in [0.2, 0.25) is 0 Å². The van der Waals surface area contributed by atoms with Crippen molar-refractivity contribution in [1.82, 2.24) is 4.98 Å². The van der Waals surface area contributed by atoms with Gasteiger partial charge in [0.15, 0.2) is 0 Å². The topological polar surface area (TPSA) is 42.3 Å². The molecule has 0 N–H and O–H groups in total. The number of pyridine rings is 1. The maximum Gasteiger partial charge on any atom is 0.145 e. The molecule has 262 valence electrons. The minimum Gasteiger partial charge on any atom is -0.298 e. The summed E-state index contributed by atoms with van der Waals surface area (Å²) in [5.41, 5.74) is 6.93. The first kappa shape index (κ1) is 43.7. The van der Waals surface area contributed by atoms with Crippen LogP contribution in [-0.2, 0) is 16.6 Å². The molecule has 0 atom stereocenters. The summed E-state index contributed by atoms with van der Waals surface area (Å²) >= 11 is 0. The number of hydrogen-bond donors (Lipinski definition) is 0. The minimum absolute atomic E-state index is 0.0129. The van der Waals surface area contributed by atoms with Crippen LogP contribution in [0.3, 0.4) is 0 Å². The number of aromatic nitrogens is 1. The molecule has 0 spiro atoms. The Morgan fingerprint density at radius 1 is 0.935 bits per heavy atom. The highest BCUT2D eigenvalue weighted by Crippen LogP contribution is 2.35. The Hall–Kier alpha value is -2.29. The molecule has 1 fully saturated rings. The van der Waals surface area contributed by atoms with Gasteiger partial charge in [0.25, 0.3) is 0 Å². The van der Waals surface area contributed by atoms with E-state index in [1.165, 1.54) is 51.4 Å². The first-order chi connectivity index (χ1) is 21.6. The second-order valence-electron chi connectivity index (χ2n) is 15.0. The zero-order valence-corrected chi connectivity index (χ0v) is 33.1. The summed E-state index contributed by atoms with van der Waals surface area (Å²) < 4.78 is 0. The molecule has 2 aromatic rings. The maximum atomic E-state index is 12.7. The molecule has 1 saturated carbocycles. The number of nitrogens with zero attached hydrogens (tertiary/aromatic N) is 2. The van der Waals surface area contributed by atoms with Crippen LogP contribution in [0.4, 0.5) is 5.69 Å². The summed E-state index contributed by atoms with van der Waals surface area (Å²) in [5, 5.41) is 0. The summed E-state index contributed by atoms with van der Waals surface area (Å²) in [6.07, 6.45) is 15.1. The van der Waals surface area contributed by atoms with E-state index in [9.17, 15) is 4.79 Å². The smallest absolute Gasteiger partial charge is 0.145 e. The van der Waals surface area contributed by atoms with Crippen LogP contribution in [0.15, 0.2) is 29.3 Å². The van der Waals surface area contributed by atoms with E-state index in [2.05, 4.69) is 105 Å². The molecule has 0 aliphatic heterocycles. The van der Waals surface area contributed by atoms with Gasteiger partial charge in [0, 0.05) is 28.8 Å². The molecule has 0 amide bonds. The van der Waals surface area contributed by atoms with Gasteiger partial charge in [0.05, 0.1) is 11.4 Å². The molecule has 0 radical (unpaired) electrons. The molecule has 1 heterocycles. The average Bonchev–Trinajstić information content (AvgIpc) is 2.99. The first-order valence-corrected chi connectivity index (χ1v) is 18.8. The van der Waals surface area contributed by atoms with Gasteiger partial charge in [-0.15, -0.1) is 0 Å². The molecule has 3 heteroatoms. The summed E-state index contributed by atoms with van der Waals surface area (Å²) in [4.78, 5) is 22.2. The lowest BCUT2D eigenvalue weighted by atomic mass is 9.74. The maximum absolute atomic E-state index is 12.7. The lowest BCUT2D eigenvalue weighted by molar-refractivity contribution is -0.126. The molecule has 3 nitrogen and oxygen atoms in total. The number of hydrogen-bond acceptors (Lipinski definition) is 3. The fourth-order valence-corrected chi connectivity index (χ4v) is 5.92. The number of carbonyl (C=O) groups is 1. The van der Waals surface area contributed by atoms with Crippen molar-refractivity contribution in [2.45, 2.75) is 173 Å². The van der Waals surface area contributed by atoms with E-state index in [0.29, 0.717) is 0 Å². The van der Waals surface area contributed by atoms with Crippen molar-refractivity contribution in [1.29, 1.82) is 0 Å². The highest BCUT2D eigenvalue weighted by Gasteiger charge is 2.32. The Kier molecular flexibility index (Phi) is 22.0. The normalized spacial score (nSPS) is 15.8. The zero-order chi connectivity index (χ0) is 35.4. The lowest BCUT2D eigenvalue weighted by Gasteiger charge is -2.31. The second kappa shape index (κ2) is 23.1. The highest BCUT2D eigenvalue weighted by atomic mass is 16.1. The Labute approximate surface area is 286 Å². The highest BCUT2D eigenvalue weighted by molar-refractivity contribution is 5.91. The van der Waals surface area contributed by atoms with Gasteiger partial charge in [-0.25, -0.2) is 0 Å². The van der Waals surface area contributed by atoms with Crippen molar-refractivity contribution in [2.24, 2.45) is 28.7 Å². The van der Waals surface area contributed by atoms with Gasteiger partial charge < -0.3 is 0 Å². The van der Waals surface area contributed by atoms with Crippen molar-refractivity contribution >= 4 is 17.7 Å². The van der Waals surface area contributed by atoms with Crippen molar-refractivity contribution in [3.8, 4) is 11.3 Å². The Bertz CT molecular complexity index is 1140. The van der Waals surface area contributed by atoms with Crippen LogP contribution in [0.2, 0.25) is 0 Å².